The Morgan fingerprint density at radius 1 is 1.23 bits per heavy atom. The first kappa shape index (κ1) is 8.18. The van der Waals surface area contributed by atoms with Gasteiger partial charge in [0.25, 0.3) is 0 Å². The van der Waals surface area contributed by atoms with E-state index >= 15 is 0 Å². The first-order valence-electron chi connectivity index (χ1n) is 4.05. The number of hydrogen-bond donors (Lipinski definition) is 0. The summed E-state index contributed by atoms with van der Waals surface area (Å²) in [6, 6.07) is 5.66. The van der Waals surface area contributed by atoms with Crippen LogP contribution >= 0.6 is 0 Å². The molecule has 0 aromatic heterocycles. The lowest BCUT2D eigenvalue weighted by molar-refractivity contribution is 0.542. The Bertz CT molecular complexity index is 368. The molecule has 1 fully saturated rings. The first-order valence-corrected chi connectivity index (χ1v) is 4.05. The van der Waals surface area contributed by atoms with Gasteiger partial charge < -0.3 is 0 Å². The van der Waals surface area contributed by atoms with Crippen LogP contribution in [0.4, 0.5) is 8.78 Å². The van der Waals surface area contributed by atoms with Crippen molar-refractivity contribution >= 4 is 0 Å². The van der Waals surface area contributed by atoms with Crippen molar-refractivity contribution in [1.82, 2.24) is 0 Å². The molecular formula is C10H7F2N. The number of nitrogens with zero attached hydrogens (tertiary/aromatic N) is 1. The van der Waals surface area contributed by atoms with Crippen LogP contribution in [0.1, 0.15) is 18.4 Å². The average Bonchev–Trinajstić information content (AvgIpc) is 2.85. The zero-order valence-electron chi connectivity index (χ0n) is 6.85. The molecule has 0 amide bonds. The molecule has 0 unspecified atom stereocenters. The summed E-state index contributed by atoms with van der Waals surface area (Å²) in [6.07, 6.45) is 1.11. The van der Waals surface area contributed by atoms with Crippen molar-refractivity contribution in [3.63, 3.8) is 0 Å². The largest absolute Gasteiger partial charge is 0.207 e. The minimum absolute atomic E-state index is 0.0579. The summed E-state index contributed by atoms with van der Waals surface area (Å²) in [5, 5.41) is 8.78. The van der Waals surface area contributed by atoms with Gasteiger partial charge in [-0.3, -0.25) is 0 Å². The van der Waals surface area contributed by atoms with Gasteiger partial charge in [-0.1, -0.05) is 6.07 Å². The van der Waals surface area contributed by atoms with E-state index in [1.165, 1.54) is 18.2 Å². The fourth-order valence-corrected chi connectivity index (χ4v) is 1.50. The lowest BCUT2D eigenvalue weighted by Crippen LogP contribution is -2.08. The fourth-order valence-electron chi connectivity index (χ4n) is 1.50. The van der Waals surface area contributed by atoms with Gasteiger partial charge >= 0.3 is 0 Å². The molecule has 0 bridgehead atoms. The van der Waals surface area contributed by atoms with E-state index < -0.39 is 17.0 Å². The van der Waals surface area contributed by atoms with Gasteiger partial charge in [0.05, 0.1) is 11.5 Å². The van der Waals surface area contributed by atoms with Crippen molar-refractivity contribution in [2.45, 2.75) is 18.3 Å². The van der Waals surface area contributed by atoms with Crippen LogP contribution < -0.4 is 0 Å². The molecule has 66 valence electrons. The van der Waals surface area contributed by atoms with Crippen LogP contribution in [0.25, 0.3) is 0 Å². The summed E-state index contributed by atoms with van der Waals surface area (Å²) >= 11 is 0. The molecule has 1 saturated carbocycles. The summed E-state index contributed by atoms with van der Waals surface area (Å²) < 4.78 is 26.4. The molecule has 0 radical (unpaired) electrons. The number of hydrogen-bond acceptors (Lipinski definition) is 1. The predicted octanol–water partition coefficient (Wildman–Crippen LogP) is 2.52. The molecule has 0 N–H and O–H groups in total. The number of nitriles is 1. The van der Waals surface area contributed by atoms with Crippen LogP contribution in [0.2, 0.25) is 0 Å². The van der Waals surface area contributed by atoms with Gasteiger partial charge in [0, 0.05) is 5.56 Å². The maximum atomic E-state index is 13.2. The second-order valence-electron chi connectivity index (χ2n) is 3.29. The zero-order valence-corrected chi connectivity index (χ0v) is 6.85. The molecule has 1 aliphatic carbocycles. The monoisotopic (exact) mass is 179 g/mol. The first-order chi connectivity index (χ1) is 6.19. The fraction of sp³-hybridized carbons (Fsp3) is 0.300. The SMILES string of the molecule is N#CC1(c2c(F)cccc2F)CC1. The third kappa shape index (κ3) is 1.10. The topological polar surface area (TPSA) is 23.8 Å². The number of rotatable bonds is 1. The van der Waals surface area contributed by atoms with E-state index in [9.17, 15) is 8.78 Å². The molecule has 0 spiro atoms. The van der Waals surface area contributed by atoms with E-state index in [2.05, 4.69) is 0 Å². The van der Waals surface area contributed by atoms with Crippen molar-refractivity contribution in [3.8, 4) is 6.07 Å². The Morgan fingerprint density at radius 2 is 1.77 bits per heavy atom. The summed E-state index contributed by atoms with van der Waals surface area (Å²) in [7, 11) is 0. The zero-order chi connectivity index (χ0) is 9.47. The van der Waals surface area contributed by atoms with Crippen molar-refractivity contribution in [2.24, 2.45) is 0 Å². The quantitative estimate of drug-likeness (QED) is 0.649. The molecule has 1 nitrogen and oxygen atoms in total. The number of halogens is 2. The van der Waals surface area contributed by atoms with Gasteiger partial charge in [-0.15, -0.1) is 0 Å². The maximum Gasteiger partial charge on any atom is 0.130 e. The van der Waals surface area contributed by atoms with Gasteiger partial charge in [-0.05, 0) is 25.0 Å². The van der Waals surface area contributed by atoms with E-state index in [1.807, 2.05) is 6.07 Å². The Labute approximate surface area is 74.6 Å². The third-order valence-electron chi connectivity index (χ3n) is 2.41. The highest BCUT2D eigenvalue weighted by molar-refractivity contribution is 5.40. The van der Waals surface area contributed by atoms with E-state index in [-0.39, 0.29) is 5.56 Å². The van der Waals surface area contributed by atoms with E-state index in [0.717, 1.165) is 0 Å². The third-order valence-corrected chi connectivity index (χ3v) is 2.41. The lowest BCUT2D eigenvalue weighted by atomic mass is 9.96. The summed E-state index contributed by atoms with van der Waals surface area (Å²) in [6.45, 7) is 0. The minimum atomic E-state index is -0.880. The van der Waals surface area contributed by atoms with Crippen molar-refractivity contribution < 1.29 is 8.78 Å². The molecule has 0 heterocycles. The standard InChI is InChI=1S/C10H7F2N/c11-7-2-1-3-8(12)9(7)10(6-13)4-5-10/h1-3H,4-5H2. The second-order valence-corrected chi connectivity index (χ2v) is 3.29. The van der Waals surface area contributed by atoms with Crippen LogP contribution in [-0.2, 0) is 5.41 Å². The maximum absolute atomic E-state index is 13.2. The van der Waals surface area contributed by atoms with Crippen LogP contribution in [0.15, 0.2) is 18.2 Å². The molecule has 2 rings (SSSR count). The summed E-state index contributed by atoms with van der Waals surface area (Å²) in [5.41, 5.74) is -0.937. The normalized spacial score (nSPS) is 17.9. The average molecular weight is 179 g/mol. The van der Waals surface area contributed by atoms with E-state index in [1.54, 1.807) is 0 Å². The Balaban J connectivity index is 2.58. The van der Waals surface area contributed by atoms with Crippen LogP contribution in [0.5, 0.6) is 0 Å². The second kappa shape index (κ2) is 2.53. The number of benzene rings is 1. The Kier molecular flexibility index (Phi) is 1.59. The Hall–Kier alpha value is -1.43. The molecule has 1 aliphatic rings. The molecule has 1 aromatic rings. The van der Waals surface area contributed by atoms with Crippen molar-refractivity contribution in [2.75, 3.05) is 0 Å². The lowest BCUT2D eigenvalue weighted by Gasteiger charge is -2.07. The van der Waals surface area contributed by atoms with E-state index in [4.69, 9.17) is 5.26 Å². The molecule has 0 atom stereocenters. The molecule has 0 saturated heterocycles. The summed E-state index contributed by atoms with van der Waals surface area (Å²) in [4.78, 5) is 0. The highest BCUT2D eigenvalue weighted by atomic mass is 19.1. The van der Waals surface area contributed by atoms with E-state index in [0.29, 0.717) is 12.8 Å². The van der Waals surface area contributed by atoms with Gasteiger partial charge in [-0.2, -0.15) is 5.26 Å². The van der Waals surface area contributed by atoms with Crippen molar-refractivity contribution in [3.05, 3.63) is 35.4 Å². The molecular weight excluding hydrogens is 172 g/mol. The van der Waals surface area contributed by atoms with Gasteiger partial charge in [0.15, 0.2) is 0 Å². The Morgan fingerprint density at radius 3 is 2.15 bits per heavy atom. The van der Waals surface area contributed by atoms with Crippen LogP contribution in [-0.4, -0.2) is 0 Å². The van der Waals surface area contributed by atoms with Crippen molar-refractivity contribution in [1.29, 1.82) is 5.26 Å². The highest BCUT2D eigenvalue weighted by Gasteiger charge is 2.48. The summed E-state index contributed by atoms with van der Waals surface area (Å²) in [5.74, 6) is -1.22. The molecule has 13 heavy (non-hydrogen) atoms. The smallest absolute Gasteiger partial charge is 0.130 e. The van der Waals surface area contributed by atoms with Gasteiger partial charge in [-0.25, -0.2) is 8.78 Å². The molecule has 3 heteroatoms. The van der Waals surface area contributed by atoms with Gasteiger partial charge in [0.1, 0.15) is 11.6 Å². The minimum Gasteiger partial charge on any atom is -0.207 e. The van der Waals surface area contributed by atoms with Gasteiger partial charge in [0.2, 0.25) is 0 Å². The molecule has 1 aromatic carbocycles. The predicted molar refractivity (Wildman–Crippen MR) is 42.9 cm³/mol. The van der Waals surface area contributed by atoms with Crippen LogP contribution in [0.3, 0.4) is 0 Å². The highest BCUT2D eigenvalue weighted by Crippen LogP contribution is 2.49. The van der Waals surface area contributed by atoms with Crippen LogP contribution in [0, 0.1) is 23.0 Å². The molecule has 0 aliphatic heterocycles.